The Hall–Kier alpha value is -2.44. The van der Waals surface area contributed by atoms with Gasteiger partial charge in [0.05, 0.1) is 23.0 Å². The molecule has 0 spiro atoms. The number of fused-ring (bicyclic) bond motifs is 1. The molecule has 1 fully saturated rings. The van der Waals surface area contributed by atoms with E-state index in [-0.39, 0.29) is 24.3 Å². The fourth-order valence-corrected chi connectivity index (χ4v) is 2.62. The molecular weight excluding hydrogens is 260 g/mol. The lowest BCUT2D eigenvalue weighted by atomic mass is 10.1. The molecule has 0 aliphatic carbocycles. The maximum atomic E-state index is 11.3. The average Bonchev–Trinajstić information content (AvgIpc) is 2.88. The molecule has 0 bridgehead atoms. The number of carbonyl (C=O) groups is 2. The van der Waals surface area contributed by atoms with Crippen LogP contribution in [0.25, 0.3) is 0 Å². The summed E-state index contributed by atoms with van der Waals surface area (Å²) < 4.78 is 5.31. The number of anilines is 3. The van der Waals surface area contributed by atoms with Gasteiger partial charge < -0.3 is 26.4 Å². The minimum Gasteiger partial charge on any atom is -0.482 e. The van der Waals surface area contributed by atoms with Gasteiger partial charge in [-0.2, -0.15) is 0 Å². The van der Waals surface area contributed by atoms with Crippen LogP contribution in [-0.2, 0) is 9.59 Å². The molecule has 1 unspecified atom stereocenters. The third-order valence-electron chi connectivity index (χ3n) is 3.69. The number of primary amides is 1. The van der Waals surface area contributed by atoms with Crippen LogP contribution in [0.3, 0.4) is 0 Å². The summed E-state index contributed by atoms with van der Waals surface area (Å²) in [5.41, 5.74) is 13.3. The molecule has 0 aromatic heterocycles. The first kappa shape index (κ1) is 12.6. The smallest absolute Gasteiger partial charge is 0.262 e. The normalized spacial score (nSPS) is 21.1. The molecule has 2 aliphatic rings. The maximum absolute atomic E-state index is 11.3. The molecule has 1 aromatic carbocycles. The van der Waals surface area contributed by atoms with Crippen LogP contribution in [0.1, 0.15) is 6.42 Å². The quantitative estimate of drug-likeness (QED) is 0.654. The molecule has 2 heterocycles. The van der Waals surface area contributed by atoms with Gasteiger partial charge in [0.1, 0.15) is 5.75 Å². The van der Waals surface area contributed by atoms with E-state index in [0.29, 0.717) is 36.6 Å². The lowest BCUT2D eigenvalue weighted by Crippen LogP contribution is -2.28. The van der Waals surface area contributed by atoms with E-state index in [4.69, 9.17) is 16.2 Å². The van der Waals surface area contributed by atoms with E-state index in [9.17, 15) is 9.59 Å². The Kier molecular flexibility index (Phi) is 2.89. The highest BCUT2D eigenvalue weighted by atomic mass is 16.5. The van der Waals surface area contributed by atoms with E-state index >= 15 is 0 Å². The summed E-state index contributed by atoms with van der Waals surface area (Å²) in [5.74, 6) is -0.0712. The molecule has 7 heteroatoms. The minimum atomic E-state index is -0.291. The number of nitrogens with zero attached hydrogens (tertiary/aromatic N) is 1. The molecule has 0 radical (unpaired) electrons. The maximum Gasteiger partial charge on any atom is 0.262 e. The third-order valence-corrected chi connectivity index (χ3v) is 3.69. The van der Waals surface area contributed by atoms with Crippen LogP contribution in [0, 0.1) is 5.92 Å². The molecule has 1 saturated heterocycles. The van der Waals surface area contributed by atoms with Crippen molar-refractivity contribution in [2.24, 2.45) is 11.7 Å². The molecule has 106 valence electrons. The fraction of sp³-hybridized carbons (Fsp3) is 0.385. The number of ether oxygens (including phenoxy) is 1. The average molecular weight is 276 g/mol. The number of benzene rings is 1. The monoisotopic (exact) mass is 276 g/mol. The Morgan fingerprint density at radius 2 is 2.25 bits per heavy atom. The summed E-state index contributed by atoms with van der Waals surface area (Å²) in [6.07, 6.45) is 0.717. The van der Waals surface area contributed by atoms with Crippen LogP contribution in [0.4, 0.5) is 17.1 Å². The van der Waals surface area contributed by atoms with Crippen LogP contribution in [0.5, 0.6) is 5.75 Å². The zero-order chi connectivity index (χ0) is 14.3. The van der Waals surface area contributed by atoms with Gasteiger partial charge in [0.25, 0.3) is 5.91 Å². The Labute approximate surface area is 115 Å². The van der Waals surface area contributed by atoms with Gasteiger partial charge in [-0.25, -0.2) is 0 Å². The topological polar surface area (TPSA) is 111 Å². The van der Waals surface area contributed by atoms with Gasteiger partial charge in [0.2, 0.25) is 5.91 Å². The van der Waals surface area contributed by atoms with E-state index in [1.165, 1.54) is 0 Å². The van der Waals surface area contributed by atoms with Crippen molar-refractivity contribution < 1.29 is 14.3 Å². The summed E-state index contributed by atoms with van der Waals surface area (Å²) in [6, 6.07) is 3.48. The summed E-state index contributed by atoms with van der Waals surface area (Å²) in [4.78, 5) is 24.6. The number of rotatable bonds is 2. The lowest BCUT2D eigenvalue weighted by molar-refractivity contribution is -0.121. The largest absolute Gasteiger partial charge is 0.482 e. The third kappa shape index (κ3) is 2.11. The number of nitrogens with two attached hydrogens (primary N) is 2. The first-order chi connectivity index (χ1) is 9.54. The number of amides is 2. The number of hydrogen-bond acceptors (Lipinski definition) is 5. The molecule has 20 heavy (non-hydrogen) atoms. The van der Waals surface area contributed by atoms with Crippen LogP contribution in [-0.4, -0.2) is 31.5 Å². The second kappa shape index (κ2) is 4.59. The summed E-state index contributed by atoms with van der Waals surface area (Å²) in [5, 5.41) is 2.75. The van der Waals surface area contributed by atoms with Gasteiger partial charge >= 0.3 is 0 Å². The van der Waals surface area contributed by atoms with Gasteiger partial charge in [-0.3, -0.25) is 9.59 Å². The highest BCUT2D eigenvalue weighted by molar-refractivity contribution is 5.97. The predicted octanol–water partition coefficient (Wildman–Crippen LogP) is -0.0887. The van der Waals surface area contributed by atoms with E-state index < -0.39 is 0 Å². The number of nitrogen functional groups attached to an aromatic ring is 1. The van der Waals surface area contributed by atoms with Gasteiger partial charge in [-0.05, 0) is 12.5 Å². The Morgan fingerprint density at radius 3 is 2.95 bits per heavy atom. The van der Waals surface area contributed by atoms with Crippen molar-refractivity contribution in [3.63, 3.8) is 0 Å². The first-order valence-electron chi connectivity index (χ1n) is 6.45. The second-order valence-corrected chi connectivity index (χ2v) is 5.08. The van der Waals surface area contributed by atoms with Crippen LogP contribution in [0.15, 0.2) is 12.1 Å². The Morgan fingerprint density at radius 1 is 1.45 bits per heavy atom. The minimum absolute atomic E-state index is 0.000744. The van der Waals surface area contributed by atoms with Crippen LogP contribution in [0.2, 0.25) is 0 Å². The van der Waals surface area contributed by atoms with Gasteiger partial charge in [0, 0.05) is 19.2 Å². The van der Waals surface area contributed by atoms with E-state index in [1.54, 1.807) is 12.1 Å². The Balaban J connectivity index is 1.89. The standard InChI is InChI=1S/C13H16N4O3/c14-8-3-11-9(16-12(18)6-20-11)4-10(8)17-2-1-7(5-17)13(15)19/h3-4,7H,1-2,5-6,14H2,(H2,15,19)(H,16,18). The van der Waals surface area contributed by atoms with Crippen molar-refractivity contribution in [3.05, 3.63) is 12.1 Å². The van der Waals surface area contributed by atoms with Gasteiger partial charge in [0.15, 0.2) is 6.61 Å². The SMILES string of the molecule is NC(=O)C1CCN(c2cc3c(cc2N)OCC(=O)N3)C1. The summed E-state index contributed by atoms with van der Waals surface area (Å²) in [7, 11) is 0. The predicted molar refractivity (Wildman–Crippen MR) is 74.5 cm³/mol. The van der Waals surface area contributed by atoms with Crippen LogP contribution >= 0.6 is 0 Å². The molecule has 2 amide bonds. The van der Waals surface area contributed by atoms with Crippen molar-refractivity contribution >= 4 is 28.9 Å². The van der Waals surface area contributed by atoms with Crippen LogP contribution < -0.4 is 26.4 Å². The van der Waals surface area contributed by atoms with Crippen molar-refractivity contribution in [1.29, 1.82) is 0 Å². The van der Waals surface area contributed by atoms with Gasteiger partial charge in [-0.1, -0.05) is 0 Å². The highest BCUT2D eigenvalue weighted by Crippen LogP contribution is 2.38. The molecule has 5 N–H and O–H groups in total. The number of nitrogens with one attached hydrogen (secondary N) is 1. The molecular formula is C13H16N4O3. The van der Waals surface area contributed by atoms with Crippen molar-refractivity contribution in [1.82, 2.24) is 0 Å². The lowest BCUT2D eigenvalue weighted by Gasteiger charge is -2.24. The van der Waals surface area contributed by atoms with E-state index in [1.807, 2.05) is 4.90 Å². The zero-order valence-electron chi connectivity index (χ0n) is 10.9. The number of carbonyl (C=O) groups excluding carboxylic acids is 2. The van der Waals surface area contributed by atoms with Crippen molar-refractivity contribution in [2.75, 3.05) is 35.6 Å². The molecule has 1 atom stereocenters. The molecule has 3 rings (SSSR count). The van der Waals surface area contributed by atoms with Crippen molar-refractivity contribution in [3.8, 4) is 5.75 Å². The summed E-state index contributed by atoms with van der Waals surface area (Å²) >= 11 is 0. The Bertz CT molecular complexity index is 587. The van der Waals surface area contributed by atoms with E-state index in [2.05, 4.69) is 5.32 Å². The summed E-state index contributed by atoms with van der Waals surface area (Å²) in [6.45, 7) is 1.26. The highest BCUT2D eigenvalue weighted by Gasteiger charge is 2.29. The molecule has 0 saturated carbocycles. The first-order valence-corrected chi connectivity index (χ1v) is 6.45. The second-order valence-electron chi connectivity index (χ2n) is 5.08. The van der Waals surface area contributed by atoms with Gasteiger partial charge in [-0.15, -0.1) is 0 Å². The number of hydrogen-bond donors (Lipinski definition) is 3. The zero-order valence-corrected chi connectivity index (χ0v) is 10.9. The molecule has 1 aromatic rings. The van der Waals surface area contributed by atoms with Crippen molar-refractivity contribution in [2.45, 2.75) is 6.42 Å². The van der Waals surface area contributed by atoms with E-state index in [0.717, 1.165) is 5.69 Å². The molecule has 7 nitrogen and oxygen atoms in total. The molecule has 2 aliphatic heterocycles. The fourth-order valence-electron chi connectivity index (χ4n) is 2.62.